The highest BCUT2D eigenvalue weighted by atomic mass is 16.6. The first-order chi connectivity index (χ1) is 10.6. The molecule has 1 saturated heterocycles. The Hall–Kier alpha value is -2.62. The van der Waals surface area contributed by atoms with Crippen molar-refractivity contribution in [3.8, 4) is 0 Å². The molecular formula is C18H16O4. The van der Waals surface area contributed by atoms with E-state index in [1.165, 1.54) is 0 Å². The predicted molar refractivity (Wildman–Crippen MR) is 80.0 cm³/mol. The highest BCUT2D eigenvalue weighted by Gasteiger charge is 2.40. The molecule has 3 rings (SSSR count). The lowest BCUT2D eigenvalue weighted by Crippen LogP contribution is -2.35. The molecule has 4 heteroatoms. The van der Waals surface area contributed by atoms with Crippen molar-refractivity contribution in [2.75, 3.05) is 0 Å². The third-order valence-electron chi connectivity index (χ3n) is 3.84. The van der Waals surface area contributed by atoms with Crippen molar-refractivity contribution < 1.29 is 19.1 Å². The van der Waals surface area contributed by atoms with Crippen molar-refractivity contribution >= 4 is 11.9 Å². The lowest BCUT2D eigenvalue weighted by Gasteiger charge is -2.29. The minimum atomic E-state index is -0.992. The number of rotatable bonds is 2. The third-order valence-corrected chi connectivity index (χ3v) is 3.84. The van der Waals surface area contributed by atoms with E-state index in [2.05, 4.69) is 0 Å². The van der Waals surface area contributed by atoms with E-state index in [-0.39, 0.29) is 0 Å². The lowest BCUT2D eigenvalue weighted by molar-refractivity contribution is -0.196. The molecule has 2 unspecified atom stereocenters. The number of carbonyl (C=O) groups excluding carboxylic acids is 2. The van der Waals surface area contributed by atoms with Gasteiger partial charge in [-0.25, -0.2) is 9.59 Å². The maximum atomic E-state index is 12.3. The summed E-state index contributed by atoms with van der Waals surface area (Å²) in [5, 5.41) is 0. The molecule has 112 valence electrons. The van der Waals surface area contributed by atoms with Crippen LogP contribution in [-0.2, 0) is 19.1 Å². The number of cyclic esters (lactones) is 2. The summed E-state index contributed by atoms with van der Waals surface area (Å²) in [4.78, 5) is 24.6. The predicted octanol–water partition coefficient (Wildman–Crippen LogP) is 3.19. The van der Waals surface area contributed by atoms with Gasteiger partial charge in [0.1, 0.15) is 0 Å². The molecule has 0 bridgehead atoms. The zero-order chi connectivity index (χ0) is 15.7. The Morgan fingerprint density at radius 2 is 1.05 bits per heavy atom. The minimum absolute atomic E-state index is 0.540. The number of carbonyl (C=O) groups is 2. The first-order valence-electron chi connectivity index (χ1n) is 7.10. The molecule has 22 heavy (non-hydrogen) atoms. The molecule has 2 aromatic rings. The third kappa shape index (κ3) is 2.48. The molecule has 0 radical (unpaired) electrons. The van der Waals surface area contributed by atoms with Crippen molar-refractivity contribution in [3.63, 3.8) is 0 Å². The Bertz CT molecular complexity index is 672. The number of ether oxygens (including phenoxy) is 2. The fraction of sp³-hybridized carbons (Fsp3) is 0.222. The van der Waals surface area contributed by atoms with E-state index in [0.717, 1.165) is 11.1 Å². The molecule has 2 atom stereocenters. The van der Waals surface area contributed by atoms with E-state index in [9.17, 15) is 9.59 Å². The van der Waals surface area contributed by atoms with Crippen LogP contribution in [0.4, 0.5) is 0 Å². The molecule has 1 heterocycles. The normalized spacial score (nSPS) is 21.2. The van der Waals surface area contributed by atoms with Gasteiger partial charge in [0.25, 0.3) is 0 Å². The van der Waals surface area contributed by atoms with Crippen molar-refractivity contribution in [1.82, 2.24) is 0 Å². The quantitative estimate of drug-likeness (QED) is 0.799. The second kappa shape index (κ2) is 5.64. The summed E-state index contributed by atoms with van der Waals surface area (Å²) >= 11 is 0. The van der Waals surface area contributed by atoms with Crippen molar-refractivity contribution in [1.29, 1.82) is 0 Å². The molecule has 1 aliphatic rings. The van der Waals surface area contributed by atoms with E-state index in [1.54, 1.807) is 24.3 Å². The molecule has 0 amide bonds. The molecule has 0 aromatic heterocycles. The number of hydrogen-bond donors (Lipinski definition) is 0. The van der Waals surface area contributed by atoms with Crippen LogP contribution in [0.25, 0.3) is 0 Å². The summed E-state index contributed by atoms with van der Waals surface area (Å²) in [5.74, 6) is -1.08. The van der Waals surface area contributed by atoms with Crippen molar-refractivity contribution in [2.24, 2.45) is 0 Å². The van der Waals surface area contributed by atoms with Gasteiger partial charge in [0, 0.05) is 11.1 Å². The zero-order valence-corrected chi connectivity index (χ0v) is 12.4. The van der Waals surface area contributed by atoms with Crippen LogP contribution in [0.2, 0.25) is 0 Å². The average Bonchev–Trinajstić information content (AvgIpc) is 2.51. The number of hydrogen-bond acceptors (Lipinski definition) is 4. The van der Waals surface area contributed by atoms with Gasteiger partial charge in [0.05, 0.1) is 0 Å². The Morgan fingerprint density at radius 1 is 0.682 bits per heavy atom. The van der Waals surface area contributed by atoms with Gasteiger partial charge in [-0.3, -0.25) is 0 Å². The highest BCUT2D eigenvalue weighted by molar-refractivity contribution is 5.89. The summed E-state index contributed by atoms with van der Waals surface area (Å²) in [5.41, 5.74) is 3.08. The summed E-state index contributed by atoms with van der Waals surface area (Å²) in [6.07, 6.45) is -1.98. The largest absolute Gasteiger partial charge is 0.442 e. The summed E-state index contributed by atoms with van der Waals surface area (Å²) in [6.45, 7) is 3.73. The summed E-state index contributed by atoms with van der Waals surface area (Å²) in [7, 11) is 0. The van der Waals surface area contributed by atoms with Crippen molar-refractivity contribution in [2.45, 2.75) is 26.1 Å². The fourth-order valence-electron chi connectivity index (χ4n) is 2.59. The molecule has 0 spiro atoms. The molecule has 1 aliphatic heterocycles. The second-order valence-electron chi connectivity index (χ2n) is 5.35. The van der Waals surface area contributed by atoms with Gasteiger partial charge in [-0.2, -0.15) is 0 Å². The van der Waals surface area contributed by atoms with Gasteiger partial charge in [-0.15, -0.1) is 0 Å². The van der Waals surface area contributed by atoms with Crippen LogP contribution >= 0.6 is 0 Å². The summed E-state index contributed by atoms with van der Waals surface area (Å²) < 4.78 is 10.7. The van der Waals surface area contributed by atoms with E-state index in [1.807, 2.05) is 38.1 Å². The summed E-state index contributed by atoms with van der Waals surface area (Å²) in [6, 6.07) is 14.6. The molecular weight excluding hydrogens is 280 g/mol. The van der Waals surface area contributed by atoms with Gasteiger partial charge in [0.15, 0.2) is 0 Å². The highest BCUT2D eigenvalue weighted by Crippen LogP contribution is 2.34. The SMILES string of the molecule is Cc1ccccc1C1OC(=O)C(c2ccccc2C)OC1=O. The maximum absolute atomic E-state index is 12.3. The molecule has 0 N–H and O–H groups in total. The maximum Gasteiger partial charge on any atom is 0.353 e. The van der Waals surface area contributed by atoms with Crippen LogP contribution in [-0.4, -0.2) is 11.9 Å². The minimum Gasteiger partial charge on any atom is -0.442 e. The standard InChI is InChI=1S/C18H16O4/c1-11-7-3-5-9-13(11)15-17(19)22-16(18(20)21-15)14-10-6-4-8-12(14)2/h3-10,15-16H,1-2H3. The molecule has 1 fully saturated rings. The Morgan fingerprint density at radius 3 is 1.41 bits per heavy atom. The Balaban J connectivity index is 1.90. The van der Waals surface area contributed by atoms with Crippen LogP contribution in [0.3, 0.4) is 0 Å². The fourth-order valence-corrected chi connectivity index (χ4v) is 2.59. The van der Waals surface area contributed by atoms with Gasteiger partial charge >= 0.3 is 11.9 Å². The van der Waals surface area contributed by atoms with E-state index in [4.69, 9.17) is 9.47 Å². The zero-order valence-electron chi connectivity index (χ0n) is 12.4. The first-order valence-corrected chi connectivity index (χ1v) is 7.10. The van der Waals surface area contributed by atoms with Crippen LogP contribution in [0.15, 0.2) is 48.5 Å². The van der Waals surface area contributed by atoms with E-state index < -0.39 is 24.1 Å². The Kier molecular flexibility index (Phi) is 3.67. The first kappa shape index (κ1) is 14.3. The van der Waals surface area contributed by atoms with Crippen molar-refractivity contribution in [3.05, 3.63) is 70.8 Å². The number of benzene rings is 2. The van der Waals surface area contributed by atoms with Gasteiger partial charge in [0.2, 0.25) is 12.2 Å². The van der Waals surface area contributed by atoms with Gasteiger partial charge in [-0.1, -0.05) is 48.5 Å². The van der Waals surface area contributed by atoms with E-state index in [0.29, 0.717) is 11.1 Å². The monoisotopic (exact) mass is 296 g/mol. The van der Waals surface area contributed by atoms with Crippen LogP contribution < -0.4 is 0 Å². The van der Waals surface area contributed by atoms with Crippen LogP contribution in [0.5, 0.6) is 0 Å². The smallest absolute Gasteiger partial charge is 0.353 e. The number of aryl methyl sites for hydroxylation is 2. The lowest BCUT2D eigenvalue weighted by atomic mass is 10.00. The number of esters is 2. The van der Waals surface area contributed by atoms with Crippen LogP contribution in [0, 0.1) is 13.8 Å². The Labute approximate surface area is 128 Å². The molecule has 2 aromatic carbocycles. The van der Waals surface area contributed by atoms with Gasteiger partial charge < -0.3 is 9.47 Å². The molecule has 4 nitrogen and oxygen atoms in total. The van der Waals surface area contributed by atoms with Gasteiger partial charge in [-0.05, 0) is 25.0 Å². The molecule has 0 aliphatic carbocycles. The van der Waals surface area contributed by atoms with E-state index >= 15 is 0 Å². The topological polar surface area (TPSA) is 52.6 Å². The molecule has 0 saturated carbocycles. The average molecular weight is 296 g/mol. The van der Waals surface area contributed by atoms with Crippen LogP contribution in [0.1, 0.15) is 34.5 Å². The second-order valence-corrected chi connectivity index (χ2v) is 5.35.